The summed E-state index contributed by atoms with van der Waals surface area (Å²) in [6, 6.07) is 16.7. The molecule has 4 heteroatoms. The maximum absolute atomic E-state index is 12.5. The number of nitrogens with one attached hydrogen (secondary N) is 1. The predicted octanol–water partition coefficient (Wildman–Crippen LogP) is 3.38. The third-order valence-corrected chi connectivity index (χ3v) is 3.26. The van der Waals surface area contributed by atoms with E-state index in [1.807, 2.05) is 55.5 Å². The third kappa shape index (κ3) is 2.69. The molecule has 0 aliphatic carbocycles. The summed E-state index contributed by atoms with van der Waals surface area (Å²) in [6.45, 7) is 1.98. The van der Waals surface area contributed by atoms with Crippen molar-refractivity contribution in [3.05, 3.63) is 65.7 Å². The number of benzene rings is 2. The normalized spacial score (nSPS) is 10.5. The standard InChI is InChI=1S/C17H15N3O/c1-11-5-4-6-12(9-11)19-17(21)14-10-16(18)20-15-8-3-2-7-13(14)15/h2-10H,1H3,(H2,18,20)(H,19,21). The minimum Gasteiger partial charge on any atom is -0.384 e. The number of rotatable bonds is 2. The zero-order chi connectivity index (χ0) is 14.8. The summed E-state index contributed by atoms with van der Waals surface area (Å²) in [5, 5.41) is 3.68. The van der Waals surface area contributed by atoms with Crippen molar-refractivity contribution in [2.75, 3.05) is 11.1 Å². The molecule has 0 saturated carbocycles. The minimum atomic E-state index is -0.189. The molecule has 0 atom stereocenters. The minimum absolute atomic E-state index is 0.189. The van der Waals surface area contributed by atoms with Gasteiger partial charge in [0.1, 0.15) is 5.82 Å². The first-order valence-corrected chi connectivity index (χ1v) is 6.67. The Morgan fingerprint density at radius 3 is 2.71 bits per heavy atom. The number of nitrogens with two attached hydrogens (primary N) is 1. The van der Waals surface area contributed by atoms with Gasteiger partial charge in [-0.1, -0.05) is 30.3 Å². The molecule has 104 valence electrons. The van der Waals surface area contributed by atoms with Crippen LogP contribution in [-0.4, -0.2) is 10.9 Å². The fraction of sp³-hybridized carbons (Fsp3) is 0.0588. The Balaban J connectivity index is 2.02. The van der Waals surface area contributed by atoms with Gasteiger partial charge >= 0.3 is 0 Å². The van der Waals surface area contributed by atoms with Crippen LogP contribution in [0.1, 0.15) is 15.9 Å². The van der Waals surface area contributed by atoms with Crippen LogP contribution in [0, 0.1) is 6.92 Å². The van der Waals surface area contributed by atoms with E-state index in [1.165, 1.54) is 0 Å². The Bertz CT molecular complexity index is 827. The van der Waals surface area contributed by atoms with E-state index in [0.717, 1.165) is 16.6 Å². The summed E-state index contributed by atoms with van der Waals surface area (Å²) in [6.07, 6.45) is 0. The monoisotopic (exact) mass is 277 g/mol. The molecule has 0 bridgehead atoms. The molecule has 1 aromatic heterocycles. The first-order valence-electron chi connectivity index (χ1n) is 6.67. The van der Waals surface area contributed by atoms with Crippen LogP contribution in [0.4, 0.5) is 11.5 Å². The number of anilines is 2. The maximum atomic E-state index is 12.5. The Hall–Kier alpha value is -2.88. The van der Waals surface area contributed by atoms with Gasteiger partial charge in [0.15, 0.2) is 0 Å². The first-order chi connectivity index (χ1) is 10.1. The zero-order valence-electron chi connectivity index (χ0n) is 11.6. The van der Waals surface area contributed by atoms with Gasteiger partial charge in [0.25, 0.3) is 5.91 Å². The summed E-state index contributed by atoms with van der Waals surface area (Å²) < 4.78 is 0. The van der Waals surface area contributed by atoms with Gasteiger partial charge in [0.05, 0.1) is 11.1 Å². The van der Waals surface area contributed by atoms with E-state index in [9.17, 15) is 4.79 Å². The number of hydrogen-bond donors (Lipinski definition) is 2. The van der Waals surface area contributed by atoms with Crippen LogP contribution < -0.4 is 11.1 Å². The van der Waals surface area contributed by atoms with Crippen molar-refractivity contribution in [3.8, 4) is 0 Å². The van der Waals surface area contributed by atoms with Crippen molar-refractivity contribution >= 4 is 28.3 Å². The number of para-hydroxylation sites is 1. The van der Waals surface area contributed by atoms with Crippen LogP contribution in [0.15, 0.2) is 54.6 Å². The molecule has 21 heavy (non-hydrogen) atoms. The van der Waals surface area contributed by atoms with Crippen molar-refractivity contribution in [3.63, 3.8) is 0 Å². The molecular weight excluding hydrogens is 262 g/mol. The fourth-order valence-electron chi connectivity index (χ4n) is 2.30. The van der Waals surface area contributed by atoms with Crippen molar-refractivity contribution in [1.29, 1.82) is 0 Å². The van der Waals surface area contributed by atoms with Crippen molar-refractivity contribution in [2.24, 2.45) is 0 Å². The van der Waals surface area contributed by atoms with Crippen LogP contribution >= 0.6 is 0 Å². The smallest absolute Gasteiger partial charge is 0.256 e. The van der Waals surface area contributed by atoms with Crippen LogP contribution in [0.5, 0.6) is 0 Å². The quantitative estimate of drug-likeness (QED) is 0.754. The number of aromatic nitrogens is 1. The Morgan fingerprint density at radius 1 is 1.10 bits per heavy atom. The molecule has 0 radical (unpaired) electrons. The Labute approximate surface area is 122 Å². The van der Waals surface area contributed by atoms with Gasteiger partial charge in [-0.15, -0.1) is 0 Å². The van der Waals surface area contributed by atoms with E-state index in [2.05, 4.69) is 10.3 Å². The summed E-state index contributed by atoms with van der Waals surface area (Å²) >= 11 is 0. The average Bonchev–Trinajstić information content (AvgIpc) is 2.46. The summed E-state index contributed by atoms with van der Waals surface area (Å²) in [7, 11) is 0. The van der Waals surface area contributed by atoms with Gasteiger partial charge in [-0.3, -0.25) is 4.79 Å². The highest BCUT2D eigenvalue weighted by Crippen LogP contribution is 2.21. The third-order valence-electron chi connectivity index (χ3n) is 3.26. The molecule has 0 fully saturated rings. The lowest BCUT2D eigenvalue weighted by molar-refractivity contribution is 0.102. The second-order valence-electron chi connectivity index (χ2n) is 4.94. The number of pyridine rings is 1. The molecule has 2 aromatic carbocycles. The van der Waals surface area contributed by atoms with Gasteiger partial charge in [0, 0.05) is 11.1 Å². The molecular formula is C17H15N3O. The lowest BCUT2D eigenvalue weighted by atomic mass is 10.1. The molecule has 0 spiro atoms. The number of nitrogen functional groups attached to an aromatic ring is 1. The molecule has 0 unspecified atom stereocenters. The number of carbonyl (C=O) groups excluding carboxylic acids is 1. The highest BCUT2D eigenvalue weighted by molar-refractivity contribution is 6.12. The Kier molecular flexibility index (Phi) is 3.28. The fourth-order valence-corrected chi connectivity index (χ4v) is 2.30. The molecule has 0 aliphatic heterocycles. The van der Waals surface area contributed by atoms with Crippen LogP contribution in [0.25, 0.3) is 10.9 Å². The van der Waals surface area contributed by atoms with E-state index in [4.69, 9.17) is 5.73 Å². The van der Waals surface area contributed by atoms with Crippen molar-refractivity contribution < 1.29 is 4.79 Å². The summed E-state index contributed by atoms with van der Waals surface area (Å²) in [5.74, 6) is 0.147. The molecule has 3 rings (SSSR count). The molecule has 3 aromatic rings. The van der Waals surface area contributed by atoms with Crippen LogP contribution in [0.2, 0.25) is 0 Å². The number of nitrogens with zero attached hydrogens (tertiary/aromatic N) is 1. The van der Waals surface area contributed by atoms with Crippen molar-refractivity contribution in [2.45, 2.75) is 6.92 Å². The average molecular weight is 277 g/mol. The zero-order valence-corrected chi connectivity index (χ0v) is 11.6. The lowest BCUT2D eigenvalue weighted by Gasteiger charge is -2.09. The number of amides is 1. The van der Waals surface area contributed by atoms with Crippen LogP contribution in [0.3, 0.4) is 0 Å². The molecule has 4 nitrogen and oxygen atoms in total. The van der Waals surface area contributed by atoms with Gasteiger partial charge in [0.2, 0.25) is 0 Å². The molecule has 3 N–H and O–H groups in total. The summed E-state index contributed by atoms with van der Waals surface area (Å²) in [5.41, 5.74) is 8.88. The van der Waals surface area contributed by atoms with Gasteiger partial charge in [-0.05, 0) is 36.8 Å². The van der Waals surface area contributed by atoms with Crippen molar-refractivity contribution in [1.82, 2.24) is 4.98 Å². The second-order valence-corrected chi connectivity index (χ2v) is 4.94. The number of hydrogen-bond acceptors (Lipinski definition) is 3. The first kappa shape index (κ1) is 13.1. The predicted molar refractivity (Wildman–Crippen MR) is 85.3 cm³/mol. The highest BCUT2D eigenvalue weighted by Gasteiger charge is 2.12. The highest BCUT2D eigenvalue weighted by atomic mass is 16.1. The molecule has 0 saturated heterocycles. The topological polar surface area (TPSA) is 68.0 Å². The van der Waals surface area contributed by atoms with Gasteiger partial charge < -0.3 is 11.1 Å². The van der Waals surface area contributed by atoms with Crippen LogP contribution in [-0.2, 0) is 0 Å². The molecule has 0 aliphatic rings. The number of aryl methyl sites for hydroxylation is 1. The van der Waals surface area contributed by atoms with E-state index >= 15 is 0 Å². The Morgan fingerprint density at radius 2 is 1.90 bits per heavy atom. The van der Waals surface area contributed by atoms with E-state index < -0.39 is 0 Å². The second kappa shape index (κ2) is 5.25. The molecule has 1 heterocycles. The van der Waals surface area contributed by atoms with Gasteiger partial charge in [-0.25, -0.2) is 4.98 Å². The van der Waals surface area contributed by atoms with E-state index in [1.54, 1.807) is 6.07 Å². The number of fused-ring (bicyclic) bond motifs is 1. The maximum Gasteiger partial charge on any atom is 0.256 e. The summed E-state index contributed by atoms with van der Waals surface area (Å²) in [4.78, 5) is 16.7. The lowest BCUT2D eigenvalue weighted by Crippen LogP contribution is -2.13. The molecule has 1 amide bonds. The SMILES string of the molecule is Cc1cccc(NC(=O)c2cc(N)nc3ccccc23)c1. The number of carbonyl (C=O) groups is 1. The van der Waals surface area contributed by atoms with E-state index in [-0.39, 0.29) is 5.91 Å². The van der Waals surface area contributed by atoms with E-state index in [0.29, 0.717) is 16.9 Å². The largest absolute Gasteiger partial charge is 0.384 e. The van der Waals surface area contributed by atoms with Gasteiger partial charge in [-0.2, -0.15) is 0 Å².